The molecular weight excluding hydrogens is 178 g/mol. The second-order valence-corrected chi connectivity index (χ2v) is 3.46. The van der Waals surface area contributed by atoms with E-state index in [0.29, 0.717) is 6.54 Å². The van der Waals surface area contributed by atoms with Crippen molar-refractivity contribution in [3.8, 4) is 0 Å². The molecular formula is C11H19NO2. The molecule has 0 aromatic rings. The number of carbonyl (C=O) groups is 2. The molecule has 3 nitrogen and oxygen atoms in total. The topological polar surface area (TPSA) is 46.2 Å². The van der Waals surface area contributed by atoms with Crippen LogP contribution in [-0.2, 0) is 9.59 Å². The molecule has 1 aliphatic carbocycles. The molecule has 0 heterocycles. The van der Waals surface area contributed by atoms with E-state index in [2.05, 4.69) is 18.8 Å². The van der Waals surface area contributed by atoms with Crippen molar-refractivity contribution in [2.45, 2.75) is 33.1 Å². The maximum absolute atomic E-state index is 10.6. The Kier molecular flexibility index (Phi) is 6.72. The second kappa shape index (κ2) is 7.30. The van der Waals surface area contributed by atoms with Crippen LogP contribution in [0.2, 0.25) is 0 Å². The summed E-state index contributed by atoms with van der Waals surface area (Å²) in [5.41, 5.74) is 0. The summed E-state index contributed by atoms with van der Waals surface area (Å²) in [6, 6.07) is 0. The van der Waals surface area contributed by atoms with Crippen LogP contribution in [0.4, 0.5) is 0 Å². The van der Waals surface area contributed by atoms with Crippen LogP contribution in [0.25, 0.3) is 0 Å². The largest absolute Gasteiger partial charge is 0.346 e. The average Bonchev–Trinajstić information content (AvgIpc) is 2.96. The van der Waals surface area contributed by atoms with Gasteiger partial charge in [-0.3, -0.25) is 9.59 Å². The molecule has 14 heavy (non-hydrogen) atoms. The van der Waals surface area contributed by atoms with Gasteiger partial charge in [-0.2, -0.15) is 0 Å². The number of carbonyl (C=O) groups excluding carboxylic acids is 2. The summed E-state index contributed by atoms with van der Waals surface area (Å²) in [5, 5.41) is 2.38. The van der Waals surface area contributed by atoms with Gasteiger partial charge in [0.1, 0.15) is 0 Å². The molecule has 0 unspecified atom stereocenters. The molecule has 3 heteroatoms. The van der Waals surface area contributed by atoms with Gasteiger partial charge in [0.25, 0.3) is 5.91 Å². The first-order chi connectivity index (χ1) is 6.61. The highest BCUT2D eigenvalue weighted by Crippen LogP contribution is 2.26. The molecule has 0 aromatic heterocycles. The van der Waals surface area contributed by atoms with E-state index in [1.54, 1.807) is 6.92 Å². The van der Waals surface area contributed by atoms with Crippen LogP contribution < -0.4 is 5.32 Å². The average molecular weight is 197 g/mol. The van der Waals surface area contributed by atoms with Crippen LogP contribution in [0.3, 0.4) is 0 Å². The third kappa shape index (κ3) is 7.53. The van der Waals surface area contributed by atoms with E-state index in [0.717, 1.165) is 5.92 Å². The van der Waals surface area contributed by atoms with Crippen molar-refractivity contribution in [1.82, 2.24) is 5.32 Å². The van der Waals surface area contributed by atoms with Crippen LogP contribution in [-0.4, -0.2) is 18.2 Å². The first kappa shape index (κ1) is 12.9. The van der Waals surface area contributed by atoms with Gasteiger partial charge in [0, 0.05) is 13.0 Å². The van der Waals surface area contributed by atoms with E-state index < -0.39 is 5.91 Å². The van der Waals surface area contributed by atoms with Crippen molar-refractivity contribution in [2.75, 3.05) is 6.54 Å². The molecule has 1 saturated carbocycles. The number of hydrogen-bond acceptors (Lipinski definition) is 2. The van der Waals surface area contributed by atoms with Gasteiger partial charge in [0.15, 0.2) is 0 Å². The minimum Gasteiger partial charge on any atom is -0.346 e. The van der Waals surface area contributed by atoms with Gasteiger partial charge in [0.05, 0.1) is 0 Å². The maximum atomic E-state index is 10.6. The fourth-order valence-electron chi connectivity index (χ4n) is 0.591. The molecule has 1 rings (SSSR count). The predicted octanol–water partition coefficient (Wildman–Crippen LogP) is 1.68. The predicted molar refractivity (Wildman–Crippen MR) is 56.9 cm³/mol. The van der Waals surface area contributed by atoms with E-state index in [-0.39, 0.29) is 12.2 Å². The smallest absolute Gasteiger partial charge is 0.287 e. The minimum absolute atomic E-state index is 0.253. The summed E-state index contributed by atoms with van der Waals surface area (Å²) in [5.74, 6) is 0.171. The Hall–Kier alpha value is -1.12. The first-order valence-corrected chi connectivity index (χ1v) is 5.03. The Morgan fingerprint density at radius 1 is 1.50 bits per heavy atom. The summed E-state index contributed by atoms with van der Waals surface area (Å²) in [6.07, 6.45) is 4.75. The number of rotatable bonds is 4. The fourth-order valence-corrected chi connectivity index (χ4v) is 0.591. The van der Waals surface area contributed by atoms with Gasteiger partial charge in [-0.05, 0) is 5.92 Å². The van der Waals surface area contributed by atoms with E-state index >= 15 is 0 Å². The molecule has 1 N–H and O–H groups in total. The highest BCUT2D eigenvalue weighted by molar-refractivity contribution is 6.36. The number of nitrogens with one attached hydrogen (secondary N) is 1. The van der Waals surface area contributed by atoms with Crippen molar-refractivity contribution in [1.29, 1.82) is 0 Å². The number of hydrogen-bond donors (Lipinski definition) is 1. The standard InChI is InChI=1S/C7H11NO2.C4H8/c1-3-5-8-7(10)6(9)4-2;1-4-2-3-4/h3H,1,4-5H2,2H3,(H,8,10);4H,2-3H2,1H3. The van der Waals surface area contributed by atoms with E-state index in [9.17, 15) is 9.59 Å². The van der Waals surface area contributed by atoms with E-state index in [1.165, 1.54) is 18.9 Å². The summed E-state index contributed by atoms with van der Waals surface area (Å²) in [6.45, 7) is 7.67. The number of Topliss-reactive ketones (excluding diaryl/α,β-unsaturated/α-hetero) is 1. The van der Waals surface area contributed by atoms with Crippen molar-refractivity contribution >= 4 is 11.7 Å². The first-order valence-electron chi connectivity index (χ1n) is 5.03. The Morgan fingerprint density at radius 3 is 2.29 bits per heavy atom. The molecule has 0 bridgehead atoms. The van der Waals surface area contributed by atoms with Gasteiger partial charge >= 0.3 is 0 Å². The van der Waals surface area contributed by atoms with Crippen molar-refractivity contribution in [3.05, 3.63) is 12.7 Å². The summed E-state index contributed by atoms with van der Waals surface area (Å²) in [7, 11) is 0. The highest BCUT2D eigenvalue weighted by Gasteiger charge is 2.12. The van der Waals surface area contributed by atoms with Crippen LogP contribution >= 0.6 is 0 Å². The molecule has 0 radical (unpaired) electrons. The van der Waals surface area contributed by atoms with Crippen LogP contribution in [0.15, 0.2) is 12.7 Å². The molecule has 0 aromatic carbocycles. The lowest BCUT2D eigenvalue weighted by Crippen LogP contribution is -2.30. The van der Waals surface area contributed by atoms with Gasteiger partial charge in [-0.1, -0.05) is 32.8 Å². The quantitative estimate of drug-likeness (QED) is 0.550. The normalized spacial score (nSPS) is 13.6. The Balaban J connectivity index is 0.000000344. The lowest BCUT2D eigenvalue weighted by Gasteiger charge is -1.96. The van der Waals surface area contributed by atoms with Crippen molar-refractivity contribution < 1.29 is 9.59 Å². The summed E-state index contributed by atoms with van der Waals surface area (Å²) >= 11 is 0. The number of amides is 1. The molecule has 0 atom stereocenters. The molecule has 1 amide bonds. The molecule has 0 aliphatic heterocycles. The minimum atomic E-state index is -0.526. The van der Waals surface area contributed by atoms with Gasteiger partial charge in [-0.15, -0.1) is 6.58 Å². The Morgan fingerprint density at radius 2 is 2.00 bits per heavy atom. The summed E-state index contributed by atoms with van der Waals surface area (Å²) < 4.78 is 0. The fraction of sp³-hybridized carbons (Fsp3) is 0.636. The Labute approximate surface area is 85.6 Å². The van der Waals surface area contributed by atoms with Gasteiger partial charge < -0.3 is 5.32 Å². The molecule has 0 saturated heterocycles. The second-order valence-electron chi connectivity index (χ2n) is 3.46. The van der Waals surface area contributed by atoms with Crippen LogP contribution in [0.5, 0.6) is 0 Å². The Bertz CT molecular complexity index is 207. The lowest BCUT2D eigenvalue weighted by molar-refractivity contribution is -0.137. The molecule has 0 spiro atoms. The lowest BCUT2D eigenvalue weighted by atomic mass is 10.3. The molecule has 1 fully saturated rings. The SMILES string of the molecule is C=CCNC(=O)C(=O)CC.CC1CC1. The maximum Gasteiger partial charge on any atom is 0.287 e. The van der Waals surface area contributed by atoms with Crippen LogP contribution in [0.1, 0.15) is 33.1 Å². The van der Waals surface area contributed by atoms with Gasteiger partial charge in [-0.25, -0.2) is 0 Å². The van der Waals surface area contributed by atoms with Crippen LogP contribution in [0, 0.1) is 5.92 Å². The van der Waals surface area contributed by atoms with E-state index in [4.69, 9.17) is 0 Å². The molecule has 80 valence electrons. The third-order valence-corrected chi connectivity index (χ3v) is 1.85. The van der Waals surface area contributed by atoms with Gasteiger partial charge in [0.2, 0.25) is 5.78 Å². The third-order valence-electron chi connectivity index (χ3n) is 1.85. The zero-order chi connectivity index (χ0) is 11.0. The van der Waals surface area contributed by atoms with E-state index in [1.807, 2.05) is 0 Å². The number of ketones is 1. The zero-order valence-electron chi connectivity index (χ0n) is 9.01. The molecule has 1 aliphatic rings. The van der Waals surface area contributed by atoms with Crippen molar-refractivity contribution in [3.63, 3.8) is 0 Å². The zero-order valence-corrected chi connectivity index (χ0v) is 9.01. The van der Waals surface area contributed by atoms with Crippen molar-refractivity contribution in [2.24, 2.45) is 5.92 Å². The summed E-state index contributed by atoms with van der Waals surface area (Å²) in [4.78, 5) is 21.2. The highest BCUT2D eigenvalue weighted by atomic mass is 16.2. The monoisotopic (exact) mass is 197 g/mol.